The second-order valence-electron chi connectivity index (χ2n) is 12.7. The van der Waals surface area contributed by atoms with E-state index in [-0.39, 0.29) is 35.6 Å². The van der Waals surface area contributed by atoms with E-state index in [1.807, 2.05) is 26.0 Å². The van der Waals surface area contributed by atoms with Crippen molar-refractivity contribution in [2.75, 3.05) is 14.1 Å². The molecule has 220 valence electrons. The third-order valence-electron chi connectivity index (χ3n) is 9.79. The lowest BCUT2D eigenvalue weighted by molar-refractivity contribution is -0.153. The summed E-state index contributed by atoms with van der Waals surface area (Å²) in [6.07, 6.45) is 3.39. The van der Waals surface area contributed by atoms with E-state index in [9.17, 15) is 34.8 Å². The molecule has 2 aromatic carbocycles. The molecular weight excluding hydrogens is 536 g/mol. The molecule has 4 aliphatic rings. The first-order valence-electron chi connectivity index (χ1n) is 14.4. The van der Waals surface area contributed by atoms with Crippen LogP contribution in [0.2, 0.25) is 0 Å². The SMILES string of the molecule is CC(C)c1cc(-c2ccc3c(c2)CCC3)c(O)c2c1C[C@H]1C[C@H]3[C@H](N(C)C)C(=O)C(C(N)=O)=C(O)[C@@]3(O)C(=O)C1=C2O. The van der Waals surface area contributed by atoms with Crippen LogP contribution in [0.5, 0.6) is 5.75 Å². The molecule has 4 aliphatic carbocycles. The van der Waals surface area contributed by atoms with Crippen LogP contribution in [0.15, 0.2) is 41.2 Å². The number of benzene rings is 2. The molecule has 9 nitrogen and oxygen atoms in total. The minimum absolute atomic E-state index is 0.0222. The van der Waals surface area contributed by atoms with Gasteiger partial charge in [0, 0.05) is 17.1 Å². The van der Waals surface area contributed by atoms with E-state index in [0.717, 1.165) is 30.4 Å². The van der Waals surface area contributed by atoms with Crippen LogP contribution < -0.4 is 5.73 Å². The minimum Gasteiger partial charge on any atom is -0.508 e. The van der Waals surface area contributed by atoms with Gasteiger partial charge in [0.2, 0.25) is 5.78 Å². The Balaban J connectivity index is 1.57. The molecular formula is C33H36N2O7. The Kier molecular flexibility index (Phi) is 6.40. The van der Waals surface area contributed by atoms with Gasteiger partial charge in [-0.25, -0.2) is 0 Å². The maximum atomic E-state index is 14.2. The fourth-order valence-electron chi connectivity index (χ4n) is 7.81. The lowest BCUT2D eigenvalue weighted by atomic mass is 9.57. The van der Waals surface area contributed by atoms with Crippen molar-refractivity contribution >= 4 is 23.2 Å². The van der Waals surface area contributed by atoms with Gasteiger partial charge in [0.15, 0.2) is 11.4 Å². The van der Waals surface area contributed by atoms with E-state index in [1.165, 1.54) is 16.0 Å². The summed E-state index contributed by atoms with van der Waals surface area (Å²) in [6, 6.07) is 6.94. The van der Waals surface area contributed by atoms with Crippen LogP contribution in [0.3, 0.4) is 0 Å². The Morgan fingerprint density at radius 2 is 1.76 bits per heavy atom. The number of Topliss-reactive ketones (excluding diaryl/α,β-unsaturated/α-hetero) is 2. The molecule has 6 N–H and O–H groups in total. The number of fused-ring (bicyclic) bond motifs is 4. The molecule has 1 fully saturated rings. The molecule has 0 unspecified atom stereocenters. The summed E-state index contributed by atoms with van der Waals surface area (Å²) in [5.74, 6) is -6.41. The van der Waals surface area contributed by atoms with E-state index in [2.05, 4.69) is 12.1 Å². The van der Waals surface area contributed by atoms with Crippen molar-refractivity contribution in [2.24, 2.45) is 17.6 Å². The molecule has 9 heteroatoms. The average Bonchev–Trinajstić information content (AvgIpc) is 3.38. The number of primary amides is 1. The lowest BCUT2D eigenvalue weighted by Crippen LogP contribution is -2.65. The molecule has 0 aliphatic heterocycles. The molecule has 0 aromatic heterocycles. The highest BCUT2D eigenvalue weighted by molar-refractivity contribution is 6.24. The zero-order valence-electron chi connectivity index (χ0n) is 24.2. The summed E-state index contributed by atoms with van der Waals surface area (Å²) in [5, 5.41) is 46.4. The highest BCUT2D eigenvalue weighted by atomic mass is 16.3. The Hall–Kier alpha value is -3.95. The predicted octanol–water partition coefficient (Wildman–Crippen LogP) is 3.24. The molecule has 0 bridgehead atoms. The van der Waals surface area contributed by atoms with Gasteiger partial charge in [-0.3, -0.25) is 19.3 Å². The molecule has 6 rings (SSSR count). The maximum Gasteiger partial charge on any atom is 0.255 e. The van der Waals surface area contributed by atoms with E-state index < -0.39 is 58.0 Å². The number of aliphatic hydroxyl groups is 3. The number of likely N-dealkylation sites (N-methyl/N-ethyl adjacent to an activating group) is 1. The summed E-state index contributed by atoms with van der Waals surface area (Å²) < 4.78 is 0. The van der Waals surface area contributed by atoms with Crippen molar-refractivity contribution in [3.05, 3.63) is 69.0 Å². The third kappa shape index (κ3) is 3.72. The van der Waals surface area contributed by atoms with Crippen molar-refractivity contribution in [1.82, 2.24) is 4.90 Å². The first-order valence-corrected chi connectivity index (χ1v) is 14.4. The number of phenolic OH excluding ortho intramolecular Hbond substituents is 1. The van der Waals surface area contributed by atoms with Gasteiger partial charge < -0.3 is 26.2 Å². The third-order valence-corrected chi connectivity index (χ3v) is 9.79. The Morgan fingerprint density at radius 1 is 1.07 bits per heavy atom. The second kappa shape index (κ2) is 9.54. The van der Waals surface area contributed by atoms with E-state index >= 15 is 0 Å². The summed E-state index contributed by atoms with van der Waals surface area (Å²) in [6.45, 7) is 4.05. The number of rotatable bonds is 4. The van der Waals surface area contributed by atoms with Gasteiger partial charge in [-0.1, -0.05) is 32.0 Å². The molecule has 1 saturated carbocycles. The number of carbonyl (C=O) groups is 3. The van der Waals surface area contributed by atoms with Crippen molar-refractivity contribution in [1.29, 1.82) is 0 Å². The highest BCUT2D eigenvalue weighted by Gasteiger charge is 2.64. The number of hydrogen-bond donors (Lipinski definition) is 5. The number of aliphatic hydroxyl groups excluding tert-OH is 2. The molecule has 1 amide bonds. The fraction of sp³-hybridized carbons (Fsp3) is 0.424. The van der Waals surface area contributed by atoms with Gasteiger partial charge in [-0.2, -0.15) is 0 Å². The van der Waals surface area contributed by atoms with Crippen molar-refractivity contribution < 1.29 is 34.8 Å². The van der Waals surface area contributed by atoms with Crippen molar-refractivity contribution in [3.63, 3.8) is 0 Å². The molecule has 0 spiro atoms. The number of hydrogen-bond acceptors (Lipinski definition) is 8. The van der Waals surface area contributed by atoms with E-state index in [4.69, 9.17) is 5.73 Å². The van der Waals surface area contributed by atoms with Crippen LogP contribution >= 0.6 is 0 Å². The molecule has 0 radical (unpaired) electrons. The first-order chi connectivity index (χ1) is 19.8. The van der Waals surface area contributed by atoms with Gasteiger partial charge in [0.05, 0.1) is 11.6 Å². The van der Waals surface area contributed by atoms with E-state index in [1.54, 1.807) is 14.1 Å². The maximum absolute atomic E-state index is 14.2. The molecule has 2 aromatic rings. The molecule has 4 atom stereocenters. The number of nitrogens with two attached hydrogens (primary N) is 1. The molecule has 0 heterocycles. The number of carbonyl (C=O) groups excluding carboxylic acids is 3. The largest absolute Gasteiger partial charge is 0.508 e. The quantitative estimate of drug-likeness (QED) is 0.349. The first kappa shape index (κ1) is 28.2. The number of ketones is 2. The Morgan fingerprint density at radius 3 is 2.40 bits per heavy atom. The van der Waals surface area contributed by atoms with Crippen LogP contribution in [-0.4, -0.2) is 68.5 Å². The normalized spacial score (nSPS) is 26.9. The Labute approximate surface area is 244 Å². The molecule has 0 saturated heterocycles. The predicted molar refractivity (Wildman–Crippen MR) is 156 cm³/mol. The van der Waals surface area contributed by atoms with Crippen molar-refractivity contribution in [3.8, 4) is 16.9 Å². The van der Waals surface area contributed by atoms with Crippen molar-refractivity contribution in [2.45, 2.75) is 63.5 Å². The van der Waals surface area contributed by atoms with Crippen LogP contribution in [-0.2, 0) is 33.6 Å². The Bertz CT molecular complexity index is 1650. The summed E-state index contributed by atoms with van der Waals surface area (Å²) in [5.41, 5.74) is 7.41. The van der Waals surface area contributed by atoms with Crippen LogP contribution in [0.25, 0.3) is 16.9 Å². The van der Waals surface area contributed by atoms with Crippen LogP contribution in [0.1, 0.15) is 60.4 Å². The number of aromatic hydroxyl groups is 1. The van der Waals surface area contributed by atoms with E-state index in [0.29, 0.717) is 11.1 Å². The number of aryl methyl sites for hydroxylation is 2. The van der Waals surface area contributed by atoms with Gasteiger partial charge in [-0.15, -0.1) is 0 Å². The van der Waals surface area contributed by atoms with Gasteiger partial charge in [0.1, 0.15) is 22.8 Å². The highest BCUT2D eigenvalue weighted by Crippen LogP contribution is 2.54. The summed E-state index contributed by atoms with van der Waals surface area (Å²) in [7, 11) is 3.17. The number of phenols is 1. The van der Waals surface area contributed by atoms with Gasteiger partial charge in [0.25, 0.3) is 5.91 Å². The summed E-state index contributed by atoms with van der Waals surface area (Å²) in [4.78, 5) is 41.2. The zero-order valence-corrected chi connectivity index (χ0v) is 24.2. The summed E-state index contributed by atoms with van der Waals surface area (Å²) >= 11 is 0. The smallest absolute Gasteiger partial charge is 0.255 e. The monoisotopic (exact) mass is 572 g/mol. The zero-order chi connectivity index (χ0) is 30.4. The van der Waals surface area contributed by atoms with Crippen LogP contribution in [0.4, 0.5) is 0 Å². The standard InChI is InChI=1S/C33H36N2O7/c1-14(2)19-13-20(17-9-8-15-6-5-7-16(15)10-17)27(36)24-21(19)11-18-12-22-26(35(3)4)29(38)25(32(34)41)31(40)33(22,42)30(39)23(18)28(24)37/h8-10,13-14,18,22,26,36-37,40,42H,5-7,11-12H2,1-4H3,(H2,34,41)/t18-,22-,26-,33-/m0/s1. The topological polar surface area (TPSA) is 161 Å². The lowest BCUT2D eigenvalue weighted by Gasteiger charge is -2.50. The number of amides is 1. The number of nitrogens with zero attached hydrogens (tertiary/aromatic N) is 1. The van der Waals surface area contributed by atoms with Crippen LogP contribution in [0, 0.1) is 11.8 Å². The van der Waals surface area contributed by atoms with Gasteiger partial charge >= 0.3 is 0 Å². The average molecular weight is 573 g/mol. The fourth-order valence-corrected chi connectivity index (χ4v) is 7.81. The van der Waals surface area contributed by atoms with Gasteiger partial charge in [-0.05, 0) is 91.9 Å². The minimum atomic E-state index is -2.65. The molecule has 42 heavy (non-hydrogen) atoms. The second-order valence-corrected chi connectivity index (χ2v) is 12.7.